The molecular formula is C24H26N2O3. The summed E-state index contributed by atoms with van der Waals surface area (Å²) in [6.07, 6.45) is 3.35. The monoisotopic (exact) mass is 390 g/mol. The van der Waals surface area contributed by atoms with Gasteiger partial charge in [-0.25, -0.2) is 0 Å². The number of fused-ring (bicyclic) bond motifs is 1. The molecule has 2 aromatic carbocycles. The van der Waals surface area contributed by atoms with E-state index in [-0.39, 0.29) is 17.4 Å². The van der Waals surface area contributed by atoms with Crippen LogP contribution in [0.1, 0.15) is 36.3 Å². The number of ether oxygens (including phenoxy) is 1. The van der Waals surface area contributed by atoms with Gasteiger partial charge in [-0.05, 0) is 66.3 Å². The van der Waals surface area contributed by atoms with E-state index in [1.807, 2.05) is 42.5 Å². The van der Waals surface area contributed by atoms with E-state index >= 15 is 0 Å². The van der Waals surface area contributed by atoms with Crippen LogP contribution in [0.15, 0.2) is 59.4 Å². The third-order valence-corrected chi connectivity index (χ3v) is 5.69. The van der Waals surface area contributed by atoms with Crippen molar-refractivity contribution in [3.63, 3.8) is 0 Å². The van der Waals surface area contributed by atoms with Gasteiger partial charge in [-0.15, -0.1) is 0 Å². The molecule has 0 radical (unpaired) electrons. The van der Waals surface area contributed by atoms with Crippen LogP contribution in [0.5, 0.6) is 5.75 Å². The van der Waals surface area contributed by atoms with E-state index in [0.29, 0.717) is 30.9 Å². The van der Waals surface area contributed by atoms with Gasteiger partial charge in [-0.3, -0.25) is 9.59 Å². The zero-order chi connectivity index (χ0) is 20.2. The Morgan fingerprint density at radius 3 is 2.66 bits per heavy atom. The molecule has 1 saturated carbocycles. The normalized spacial score (nSPS) is 14.5. The molecule has 0 spiro atoms. The maximum Gasteiger partial charge on any atom is 0.251 e. The van der Waals surface area contributed by atoms with Gasteiger partial charge in [0.15, 0.2) is 0 Å². The number of aromatic amines is 1. The Morgan fingerprint density at radius 1 is 1.17 bits per heavy atom. The number of amides is 1. The second kappa shape index (κ2) is 8.52. The van der Waals surface area contributed by atoms with Gasteiger partial charge in [0, 0.05) is 24.0 Å². The smallest absolute Gasteiger partial charge is 0.251 e. The van der Waals surface area contributed by atoms with E-state index in [1.165, 1.54) is 18.4 Å². The number of hydrogen-bond donors (Lipinski definition) is 2. The first-order valence-corrected chi connectivity index (χ1v) is 10.2. The minimum absolute atomic E-state index is 0.0370. The lowest BCUT2D eigenvalue weighted by Crippen LogP contribution is -2.29. The SMILES string of the molecule is COc1ccc(C(CC(=O)NCCc2cc3ccccc3[nH]c2=O)C2CC2)cc1. The third-order valence-electron chi connectivity index (χ3n) is 5.69. The Hall–Kier alpha value is -3.08. The maximum atomic E-state index is 12.5. The van der Waals surface area contributed by atoms with E-state index in [9.17, 15) is 9.59 Å². The van der Waals surface area contributed by atoms with Crippen molar-refractivity contribution in [3.8, 4) is 5.75 Å². The summed E-state index contributed by atoms with van der Waals surface area (Å²) in [6, 6.07) is 17.6. The number of aromatic nitrogens is 1. The van der Waals surface area contributed by atoms with Gasteiger partial charge in [-0.2, -0.15) is 0 Å². The summed E-state index contributed by atoms with van der Waals surface area (Å²) in [5.41, 5.74) is 2.62. The summed E-state index contributed by atoms with van der Waals surface area (Å²) in [6.45, 7) is 0.459. The predicted molar refractivity (Wildman–Crippen MR) is 114 cm³/mol. The van der Waals surface area contributed by atoms with Crippen molar-refractivity contribution in [1.82, 2.24) is 10.3 Å². The highest BCUT2D eigenvalue weighted by Crippen LogP contribution is 2.44. The van der Waals surface area contributed by atoms with E-state index in [0.717, 1.165) is 16.7 Å². The van der Waals surface area contributed by atoms with E-state index < -0.39 is 0 Å². The Labute approximate surface area is 170 Å². The number of para-hydroxylation sites is 1. The summed E-state index contributed by atoms with van der Waals surface area (Å²) in [5.74, 6) is 1.69. The molecule has 1 aliphatic carbocycles. The molecule has 0 aliphatic heterocycles. The number of carbonyl (C=O) groups is 1. The van der Waals surface area contributed by atoms with Gasteiger partial charge in [0.2, 0.25) is 5.91 Å². The number of nitrogens with one attached hydrogen (secondary N) is 2. The number of pyridine rings is 1. The molecule has 1 atom stereocenters. The lowest BCUT2D eigenvalue weighted by atomic mass is 9.90. The fourth-order valence-corrected chi connectivity index (χ4v) is 3.89. The Balaban J connectivity index is 1.35. The minimum Gasteiger partial charge on any atom is -0.497 e. The Morgan fingerprint density at radius 2 is 1.93 bits per heavy atom. The van der Waals surface area contributed by atoms with Crippen molar-refractivity contribution in [2.24, 2.45) is 5.92 Å². The fraction of sp³-hybridized carbons (Fsp3) is 0.333. The molecule has 1 fully saturated rings. The van der Waals surface area contributed by atoms with Crippen LogP contribution in [0.2, 0.25) is 0 Å². The first-order valence-electron chi connectivity index (χ1n) is 10.2. The molecule has 2 N–H and O–H groups in total. The van der Waals surface area contributed by atoms with Crippen molar-refractivity contribution in [1.29, 1.82) is 0 Å². The molecule has 5 nitrogen and oxygen atoms in total. The van der Waals surface area contributed by atoms with Crippen LogP contribution < -0.4 is 15.6 Å². The van der Waals surface area contributed by atoms with Gasteiger partial charge in [0.25, 0.3) is 5.56 Å². The van der Waals surface area contributed by atoms with Crippen LogP contribution in [0.4, 0.5) is 0 Å². The number of benzene rings is 2. The van der Waals surface area contributed by atoms with Gasteiger partial charge in [0.05, 0.1) is 7.11 Å². The molecular weight excluding hydrogens is 364 g/mol. The largest absolute Gasteiger partial charge is 0.497 e. The molecule has 3 aromatic rings. The molecule has 0 bridgehead atoms. The number of rotatable bonds is 8. The Bertz CT molecular complexity index is 1050. The van der Waals surface area contributed by atoms with E-state index in [1.54, 1.807) is 7.11 Å². The van der Waals surface area contributed by atoms with E-state index in [4.69, 9.17) is 4.74 Å². The molecule has 150 valence electrons. The Kier molecular flexibility index (Phi) is 5.65. The molecule has 5 heteroatoms. The topological polar surface area (TPSA) is 71.2 Å². The summed E-state index contributed by atoms with van der Waals surface area (Å²) >= 11 is 0. The molecule has 1 unspecified atom stereocenters. The van der Waals surface area contributed by atoms with Crippen LogP contribution in [0, 0.1) is 5.92 Å². The summed E-state index contributed by atoms with van der Waals surface area (Å²) < 4.78 is 5.23. The number of methoxy groups -OCH3 is 1. The minimum atomic E-state index is -0.0907. The molecule has 0 saturated heterocycles. The van der Waals surface area contributed by atoms with Crippen LogP contribution in [0.25, 0.3) is 10.9 Å². The van der Waals surface area contributed by atoms with Gasteiger partial charge in [-0.1, -0.05) is 30.3 Å². The zero-order valence-corrected chi connectivity index (χ0v) is 16.6. The van der Waals surface area contributed by atoms with Crippen LogP contribution in [-0.2, 0) is 11.2 Å². The molecule has 29 heavy (non-hydrogen) atoms. The highest BCUT2D eigenvalue weighted by atomic mass is 16.5. The fourth-order valence-electron chi connectivity index (χ4n) is 3.89. The van der Waals surface area contributed by atoms with Gasteiger partial charge in [0.1, 0.15) is 5.75 Å². The second-order valence-electron chi connectivity index (χ2n) is 7.73. The standard InChI is InChI=1S/C24H26N2O3/c1-29-20-10-8-17(9-11-20)21(16-6-7-16)15-23(27)25-13-12-19-14-18-4-2-3-5-22(18)26-24(19)28/h2-5,8-11,14,16,21H,6-7,12-13,15H2,1H3,(H,25,27)(H,26,28). The average Bonchev–Trinajstić information content (AvgIpc) is 3.58. The van der Waals surface area contributed by atoms with Crippen LogP contribution in [0.3, 0.4) is 0 Å². The lowest BCUT2D eigenvalue weighted by molar-refractivity contribution is -0.121. The highest BCUT2D eigenvalue weighted by Gasteiger charge is 2.33. The summed E-state index contributed by atoms with van der Waals surface area (Å²) in [5, 5.41) is 4.00. The van der Waals surface area contributed by atoms with Crippen molar-refractivity contribution in [3.05, 3.63) is 76.1 Å². The van der Waals surface area contributed by atoms with Crippen molar-refractivity contribution < 1.29 is 9.53 Å². The predicted octanol–water partition coefficient (Wildman–Crippen LogP) is 3.78. The first kappa shape index (κ1) is 19.2. The second-order valence-corrected chi connectivity index (χ2v) is 7.73. The summed E-state index contributed by atoms with van der Waals surface area (Å²) in [7, 11) is 1.65. The quantitative estimate of drug-likeness (QED) is 0.615. The molecule has 1 heterocycles. The third kappa shape index (κ3) is 4.67. The molecule has 1 amide bonds. The zero-order valence-electron chi connectivity index (χ0n) is 16.6. The average molecular weight is 390 g/mol. The maximum absolute atomic E-state index is 12.5. The van der Waals surface area contributed by atoms with Gasteiger partial charge < -0.3 is 15.0 Å². The van der Waals surface area contributed by atoms with Gasteiger partial charge >= 0.3 is 0 Å². The number of carbonyl (C=O) groups excluding carboxylic acids is 1. The summed E-state index contributed by atoms with van der Waals surface area (Å²) in [4.78, 5) is 27.7. The lowest BCUT2D eigenvalue weighted by Gasteiger charge is -2.17. The molecule has 1 aromatic heterocycles. The number of H-pyrrole nitrogens is 1. The molecule has 4 rings (SSSR count). The molecule has 1 aliphatic rings. The number of hydrogen-bond acceptors (Lipinski definition) is 3. The highest BCUT2D eigenvalue weighted by molar-refractivity contribution is 5.79. The van der Waals surface area contributed by atoms with E-state index in [2.05, 4.69) is 22.4 Å². The van der Waals surface area contributed by atoms with Crippen LogP contribution >= 0.6 is 0 Å². The van der Waals surface area contributed by atoms with Crippen molar-refractivity contribution >= 4 is 16.8 Å². The van der Waals surface area contributed by atoms with Crippen LogP contribution in [-0.4, -0.2) is 24.5 Å². The van der Waals surface area contributed by atoms with Crippen molar-refractivity contribution in [2.75, 3.05) is 13.7 Å². The van der Waals surface area contributed by atoms with Crippen molar-refractivity contribution in [2.45, 2.75) is 31.6 Å². The first-order chi connectivity index (χ1) is 14.1.